The largest absolute Gasteiger partial charge is 0.496 e. The number of sulfone groups is 1. The molecular formula is C27H27FN2O7S. The van der Waals surface area contributed by atoms with Crippen LogP contribution in [0.1, 0.15) is 21.6 Å². The average molecular weight is 543 g/mol. The fourth-order valence-corrected chi connectivity index (χ4v) is 4.38. The molecule has 0 spiro atoms. The Kier molecular flexibility index (Phi) is 9.44. The number of anilines is 1. The predicted octanol–water partition coefficient (Wildman–Crippen LogP) is 4.65. The molecule has 1 heterocycles. The quantitative estimate of drug-likeness (QED) is 0.258. The van der Waals surface area contributed by atoms with E-state index in [0.717, 1.165) is 5.41 Å². The maximum Gasteiger partial charge on any atom is 0.187 e. The molecule has 0 aliphatic carbocycles. The molecule has 0 atom stereocenters. The number of benzene rings is 2. The van der Waals surface area contributed by atoms with Crippen molar-refractivity contribution < 1.29 is 36.6 Å². The maximum atomic E-state index is 13.1. The Hall–Kier alpha value is -4.38. The second-order valence-corrected chi connectivity index (χ2v) is 9.64. The molecule has 3 aromatic rings. The number of carbonyl (C=O) groups is 1. The Balaban J connectivity index is 1.78. The molecule has 0 bridgehead atoms. The van der Waals surface area contributed by atoms with Crippen LogP contribution in [-0.2, 0) is 15.6 Å². The summed E-state index contributed by atoms with van der Waals surface area (Å²) >= 11 is 0. The monoisotopic (exact) mass is 542 g/mol. The van der Waals surface area contributed by atoms with E-state index < -0.39 is 21.4 Å². The summed E-state index contributed by atoms with van der Waals surface area (Å²) in [5.41, 5.74) is 0.978. The second kappa shape index (κ2) is 12.7. The molecule has 0 saturated heterocycles. The number of rotatable bonds is 12. The van der Waals surface area contributed by atoms with Crippen molar-refractivity contribution in [1.29, 1.82) is 0 Å². The van der Waals surface area contributed by atoms with Crippen molar-refractivity contribution in [3.8, 4) is 23.0 Å². The highest BCUT2D eigenvalue weighted by atomic mass is 32.2. The number of carbonyl (C=O) groups excluding carboxylic acids is 1. The van der Waals surface area contributed by atoms with E-state index in [1.165, 1.54) is 77.1 Å². The molecule has 0 amide bonds. The normalized spacial score (nSPS) is 11.5. The van der Waals surface area contributed by atoms with Gasteiger partial charge < -0.3 is 24.3 Å². The Morgan fingerprint density at radius 2 is 1.55 bits per heavy atom. The molecule has 9 nitrogen and oxygen atoms in total. The van der Waals surface area contributed by atoms with Gasteiger partial charge in [-0.1, -0.05) is 0 Å². The Labute approximate surface area is 220 Å². The third-order valence-corrected chi connectivity index (χ3v) is 6.51. The van der Waals surface area contributed by atoms with E-state index in [0.29, 0.717) is 34.1 Å². The molecule has 0 fully saturated rings. The average Bonchev–Trinajstić information content (AvgIpc) is 2.91. The summed E-state index contributed by atoms with van der Waals surface area (Å²) in [4.78, 5) is 16.6. The van der Waals surface area contributed by atoms with Crippen LogP contribution in [0.15, 0.2) is 66.2 Å². The number of allylic oxidation sites excluding steroid dienone is 1. The predicted molar refractivity (Wildman–Crippen MR) is 142 cm³/mol. The van der Waals surface area contributed by atoms with Gasteiger partial charge in [-0.25, -0.2) is 17.8 Å². The van der Waals surface area contributed by atoms with Gasteiger partial charge in [0, 0.05) is 35.4 Å². The molecule has 1 aromatic heterocycles. The molecule has 0 aliphatic heterocycles. The van der Waals surface area contributed by atoms with Gasteiger partial charge in [0.2, 0.25) is 0 Å². The van der Waals surface area contributed by atoms with E-state index in [9.17, 15) is 17.6 Å². The topological polar surface area (TPSA) is 113 Å². The fourth-order valence-electron chi connectivity index (χ4n) is 3.36. The number of nitrogens with zero attached hydrogens (tertiary/aromatic N) is 1. The number of methoxy groups -OCH3 is 4. The molecule has 0 saturated carbocycles. The third kappa shape index (κ3) is 7.32. The molecule has 0 aliphatic rings. The number of halogens is 1. The third-order valence-electron chi connectivity index (χ3n) is 5.26. The number of nitrogens with one attached hydrogen (secondary N) is 1. The van der Waals surface area contributed by atoms with Crippen molar-refractivity contribution in [2.45, 2.75) is 5.75 Å². The van der Waals surface area contributed by atoms with Crippen LogP contribution in [0.4, 0.5) is 10.2 Å². The van der Waals surface area contributed by atoms with E-state index in [4.69, 9.17) is 18.9 Å². The first kappa shape index (κ1) is 28.2. The van der Waals surface area contributed by atoms with Gasteiger partial charge in [0.05, 0.1) is 45.4 Å². The summed E-state index contributed by atoms with van der Waals surface area (Å²) in [5.74, 6) is 0.605. The number of hydrogen-bond acceptors (Lipinski definition) is 9. The molecular weight excluding hydrogens is 515 g/mol. The molecule has 11 heteroatoms. The zero-order valence-electron chi connectivity index (χ0n) is 21.2. The zero-order valence-corrected chi connectivity index (χ0v) is 22.0. The number of pyridine rings is 1. The molecule has 38 heavy (non-hydrogen) atoms. The number of aromatic nitrogens is 1. The van der Waals surface area contributed by atoms with Gasteiger partial charge in [-0.2, -0.15) is 0 Å². The van der Waals surface area contributed by atoms with Crippen LogP contribution in [0.5, 0.6) is 23.0 Å². The fraction of sp³-hybridized carbons (Fsp3) is 0.185. The Morgan fingerprint density at radius 3 is 2.13 bits per heavy atom. The van der Waals surface area contributed by atoms with Gasteiger partial charge in [0.1, 0.15) is 23.1 Å². The summed E-state index contributed by atoms with van der Waals surface area (Å²) in [7, 11) is 2.08. The van der Waals surface area contributed by atoms with Crippen LogP contribution in [0.3, 0.4) is 0 Å². The summed E-state index contributed by atoms with van der Waals surface area (Å²) in [6.07, 6.45) is 3.98. The maximum absolute atomic E-state index is 13.1. The van der Waals surface area contributed by atoms with E-state index in [-0.39, 0.29) is 17.3 Å². The lowest BCUT2D eigenvalue weighted by Gasteiger charge is -2.12. The van der Waals surface area contributed by atoms with Gasteiger partial charge in [0.15, 0.2) is 27.2 Å². The van der Waals surface area contributed by atoms with Gasteiger partial charge >= 0.3 is 0 Å². The van der Waals surface area contributed by atoms with E-state index >= 15 is 0 Å². The first-order chi connectivity index (χ1) is 18.2. The van der Waals surface area contributed by atoms with Crippen molar-refractivity contribution in [2.24, 2.45) is 0 Å². The van der Waals surface area contributed by atoms with Gasteiger partial charge in [-0.3, -0.25) is 4.79 Å². The van der Waals surface area contributed by atoms with Crippen LogP contribution in [0.2, 0.25) is 0 Å². The summed E-state index contributed by atoms with van der Waals surface area (Å²) in [6.45, 7) is 0. The molecule has 0 unspecified atom stereocenters. The van der Waals surface area contributed by atoms with Crippen molar-refractivity contribution in [3.05, 3.63) is 88.9 Å². The zero-order chi connectivity index (χ0) is 27.7. The van der Waals surface area contributed by atoms with Crippen molar-refractivity contribution in [1.82, 2.24) is 4.98 Å². The highest BCUT2D eigenvalue weighted by molar-refractivity contribution is 7.93. The minimum Gasteiger partial charge on any atom is -0.496 e. The van der Waals surface area contributed by atoms with Gasteiger partial charge in [0.25, 0.3) is 0 Å². The SMILES string of the molecule is COc1cc(OC)c(/C=C/S(=O)(=O)Cc2ccc(OC)c(N/C=C\C(=O)c3ccc(F)cc3)n2)c(OC)c1. The minimum atomic E-state index is -3.77. The van der Waals surface area contributed by atoms with Crippen LogP contribution in [0.25, 0.3) is 6.08 Å². The van der Waals surface area contributed by atoms with E-state index in [1.807, 2.05) is 0 Å². The molecule has 2 aromatic carbocycles. The van der Waals surface area contributed by atoms with Crippen LogP contribution in [0, 0.1) is 5.82 Å². The summed E-state index contributed by atoms with van der Waals surface area (Å²) in [6, 6.07) is 11.5. The molecule has 0 radical (unpaired) electrons. The first-order valence-electron chi connectivity index (χ1n) is 11.2. The number of hydrogen-bond donors (Lipinski definition) is 1. The lowest BCUT2D eigenvalue weighted by atomic mass is 10.1. The van der Waals surface area contributed by atoms with Crippen molar-refractivity contribution >= 4 is 27.5 Å². The lowest BCUT2D eigenvalue weighted by molar-refractivity contribution is 0.104. The second-order valence-electron chi connectivity index (χ2n) is 7.76. The first-order valence-corrected chi connectivity index (χ1v) is 12.9. The highest BCUT2D eigenvalue weighted by Crippen LogP contribution is 2.35. The van der Waals surface area contributed by atoms with E-state index in [1.54, 1.807) is 18.2 Å². The minimum absolute atomic E-state index is 0.214. The van der Waals surface area contributed by atoms with E-state index in [2.05, 4.69) is 10.3 Å². The van der Waals surface area contributed by atoms with Gasteiger partial charge in [-0.15, -0.1) is 0 Å². The highest BCUT2D eigenvalue weighted by Gasteiger charge is 2.15. The van der Waals surface area contributed by atoms with Crippen molar-refractivity contribution in [2.75, 3.05) is 33.8 Å². The van der Waals surface area contributed by atoms with Crippen LogP contribution >= 0.6 is 0 Å². The van der Waals surface area contributed by atoms with Crippen molar-refractivity contribution in [3.63, 3.8) is 0 Å². The molecule has 1 N–H and O–H groups in total. The Bertz CT molecular complexity index is 1430. The Morgan fingerprint density at radius 1 is 0.921 bits per heavy atom. The van der Waals surface area contributed by atoms with Crippen LogP contribution in [-0.4, -0.2) is 47.6 Å². The molecule has 200 valence electrons. The number of ketones is 1. The molecule has 3 rings (SSSR count). The lowest BCUT2D eigenvalue weighted by Crippen LogP contribution is -2.05. The summed E-state index contributed by atoms with van der Waals surface area (Å²) in [5, 5.41) is 3.89. The standard InChI is InChI=1S/C27H27FN2O7S/c1-34-21-15-25(36-3)22(26(16-21)37-4)12-14-38(32,33)17-20-9-10-24(35-2)27(30-20)29-13-11-23(31)18-5-7-19(28)8-6-18/h5-16H,17H2,1-4H3,(H,29,30)/b13-11-,14-12+. The smallest absolute Gasteiger partial charge is 0.187 e. The van der Waals surface area contributed by atoms with Crippen LogP contribution < -0.4 is 24.3 Å². The van der Waals surface area contributed by atoms with Gasteiger partial charge in [-0.05, 0) is 42.5 Å². The number of ether oxygens (including phenoxy) is 4. The summed E-state index contributed by atoms with van der Waals surface area (Å²) < 4.78 is 60.0.